The first-order valence-corrected chi connectivity index (χ1v) is 6.56. The molecule has 2 rings (SSSR count). The molecule has 1 aromatic carbocycles. The molecule has 1 aliphatic heterocycles. The van der Waals surface area contributed by atoms with Gasteiger partial charge in [0.05, 0.1) is 7.11 Å². The first-order valence-electron chi connectivity index (χ1n) is 6.56. The van der Waals surface area contributed by atoms with Crippen molar-refractivity contribution < 1.29 is 4.74 Å². The molecule has 0 amide bonds. The van der Waals surface area contributed by atoms with Crippen LogP contribution in [0.25, 0.3) is 0 Å². The van der Waals surface area contributed by atoms with E-state index in [1.54, 1.807) is 7.11 Å². The van der Waals surface area contributed by atoms with E-state index in [1.807, 2.05) is 12.1 Å². The van der Waals surface area contributed by atoms with Crippen LogP contribution in [0.5, 0.6) is 5.75 Å². The second-order valence-electron chi connectivity index (χ2n) is 6.12. The molecule has 1 aromatic rings. The number of methoxy groups -OCH3 is 1. The number of likely N-dealkylation sites (tertiary alicyclic amines) is 1. The molecule has 1 heterocycles. The average molecular weight is 248 g/mol. The van der Waals surface area contributed by atoms with E-state index in [0.717, 1.165) is 18.8 Å². The molecule has 0 aromatic heterocycles. The Hall–Kier alpha value is -1.06. The lowest BCUT2D eigenvalue weighted by atomic mass is 9.95. The van der Waals surface area contributed by atoms with Crippen LogP contribution in [0.2, 0.25) is 0 Å². The van der Waals surface area contributed by atoms with Crippen LogP contribution in [0.3, 0.4) is 0 Å². The van der Waals surface area contributed by atoms with E-state index in [1.165, 1.54) is 5.56 Å². The topological polar surface area (TPSA) is 38.5 Å². The fourth-order valence-electron chi connectivity index (χ4n) is 2.58. The van der Waals surface area contributed by atoms with Gasteiger partial charge >= 0.3 is 0 Å². The lowest BCUT2D eigenvalue weighted by molar-refractivity contribution is 0.171. The number of ether oxygens (including phenoxy) is 1. The Morgan fingerprint density at radius 2 is 1.78 bits per heavy atom. The van der Waals surface area contributed by atoms with Crippen LogP contribution in [0.4, 0.5) is 0 Å². The van der Waals surface area contributed by atoms with Crippen LogP contribution in [0, 0.1) is 0 Å². The van der Waals surface area contributed by atoms with Crippen LogP contribution >= 0.6 is 0 Å². The van der Waals surface area contributed by atoms with E-state index >= 15 is 0 Å². The number of rotatable bonds is 2. The Bertz CT molecular complexity index is 394. The number of hydrogen-bond acceptors (Lipinski definition) is 3. The molecule has 2 unspecified atom stereocenters. The van der Waals surface area contributed by atoms with Crippen LogP contribution in [-0.4, -0.2) is 36.7 Å². The molecule has 1 fully saturated rings. The normalized spacial score (nSPS) is 25.4. The zero-order chi connectivity index (χ0) is 13.3. The van der Waals surface area contributed by atoms with E-state index in [4.69, 9.17) is 10.5 Å². The highest BCUT2D eigenvalue weighted by molar-refractivity contribution is 5.31. The van der Waals surface area contributed by atoms with Gasteiger partial charge in [0.25, 0.3) is 0 Å². The molecule has 0 radical (unpaired) electrons. The van der Waals surface area contributed by atoms with Crippen LogP contribution < -0.4 is 10.5 Å². The molecule has 1 aliphatic rings. The Morgan fingerprint density at radius 1 is 1.17 bits per heavy atom. The molecule has 0 spiro atoms. The summed E-state index contributed by atoms with van der Waals surface area (Å²) in [6.45, 7) is 8.75. The SMILES string of the molecule is COc1ccc(C2CN(C(C)(C)C)CC2N)cc1. The van der Waals surface area contributed by atoms with E-state index in [-0.39, 0.29) is 11.6 Å². The maximum atomic E-state index is 6.30. The summed E-state index contributed by atoms with van der Waals surface area (Å²) in [4.78, 5) is 2.46. The molecular weight excluding hydrogens is 224 g/mol. The van der Waals surface area contributed by atoms with Crippen molar-refractivity contribution in [2.45, 2.75) is 38.3 Å². The minimum atomic E-state index is 0.193. The van der Waals surface area contributed by atoms with Gasteiger partial charge in [-0.05, 0) is 38.5 Å². The van der Waals surface area contributed by atoms with Gasteiger partial charge < -0.3 is 10.5 Å². The highest BCUT2D eigenvalue weighted by Gasteiger charge is 2.36. The number of nitrogens with two attached hydrogens (primary N) is 1. The van der Waals surface area contributed by atoms with Crippen LogP contribution in [-0.2, 0) is 0 Å². The summed E-state index contributed by atoms with van der Waals surface area (Å²) in [5.74, 6) is 1.33. The van der Waals surface area contributed by atoms with Crippen molar-refractivity contribution >= 4 is 0 Å². The first kappa shape index (κ1) is 13.4. The average Bonchev–Trinajstić information content (AvgIpc) is 2.71. The lowest BCUT2D eigenvalue weighted by Gasteiger charge is -2.31. The van der Waals surface area contributed by atoms with E-state index in [0.29, 0.717) is 5.92 Å². The minimum absolute atomic E-state index is 0.193. The Morgan fingerprint density at radius 3 is 2.22 bits per heavy atom. The highest BCUT2D eigenvalue weighted by Crippen LogP contribution is 2.31. The van der Waals surface area contributed by atoms with Crippen molar-refractivity contribution in [2.75, 3.05) is 20.2 Å². The molecule has 0 aliphatic carbocycles. The van der Waals surface area contributed by atoms with Crippen molar-refractivity contribution in [3.05, 3.63) is 29.8 Å². The van der Waals surface area contributed by atoms with Crippen molar-refractivity contribution in [1.82, 2.24) is 4.90 Å². The third-order valence-corrected chi connectivity index (χ3v) is 3.86. The summed E-state index contributed by atoms with van der Waals surface area (Å²) in [6, 6.07) is 8.52. The monoisotopic (exact) mass is 248 g/mol. The maximum absolute atomic E-state index is 6.30. The third kappa shape index (κ3) is 2.68. The minimum Gasteiger partial charge on any atom is -0.497 e. The van der Waals surface area contributed by atoms with Gasteiger partial charge in [-0.2, -0.15) is 0 Å². The van der Waals surface area contributed by atoms with Gasteiger partial charge in [0.2, 0.25) is 0 Å². The summed E-state index contributed by atoms with van der Waals surface area (Å²) in [5.41, 5.74) is 7.80. The zero-order valence-electron chi connectivity index (χ0n) is 11.8. The highest BCUT2D eigenvalue weighted by atomic mass is 16.5. The third-order valence-electron chi connectivity index (χ3n) is 3.86. The molecule has 100 valence electrons. The van der Waals surface area contributed by atoms with E-state index in [2.05, 4.69) is 37.8 Å². The van der Waals surface area contributed by atoms with Gasteiger partial charge in [0.15, 0.2) is 0 Å². The lowest BCUT2D eigenvalue weighted by Crippen LogP contribution is -2.40. The maximum Gasteiger partial charge on any atom is 0.118 e. The predicted octanol–water partition coefficient (Wildman–Crippen LogP) is 2.22. The van der Waals surface area contributed by atoms with E-state index in [9.17, 15) is 0 Å². The molecular formula is C15H24N2O. The number of nitrogens with zero attached hydrogens (tertiary/aromatic N) is 1. The second-order valence-corrected chi connectivity index (χ2v) is 6.12. The summed E-state index contributed by atoms with van der Waals surface area (Å²) in [6.07, 6.45) is 0. The molecule has 2 N–H and O–H groups in total. The summed E-state index contributed by atoms with van der Waals surface area (Å²) >= 11 is 0. The Kier molecular flexibility index (Phi) is 3.64. The van der Waals surface area contributed by atoms with Gasteiger partial charge in [-0.15, -0.1) is 0 Å². The summed E-state index contributed by atoms with van der Waals surface area (Å²) < 4.78 is 5.19. The van der Waals surface area contributed by atoms with Crippen molar-refractivity contribution in [2.24, 2.45) is 5.73 Å². The summed E-state index contributed by atoms with van der Waals surface area (Å²) in [7, 11) is 1.69. The zero-order valence-corrected chi connectivity index (χ0v) is 11.8. The quantitative estimate of drug-likeness (QED) is 0.872. The van der Waals surface area contributed by atoms with E-state index < -0.39 is 0 Å². The molecule has 3 heteroatoms. The summed E-state index contributed by atoms with van der Waals surface area (Å²) in [5, 5.41) is 0. The standard InChI is InChI=1S/C15H24N2O/c1-15(2,3)17-9-13(14(16)10-17)11-5-7-12(18-4)8-6-11/h5-8,13-14H,9-10,16H2,1-4H3. The Balaban J connectivity index is 2.13. The van der Waals surface area contributed by atoms with Crippen LogP contribution in [0.15, 0.2) is 24.3 Å². The fourth-order valence-corrected chi connectivity index (χ4v) is 2.58. The molecule has 0 saturated carbocycles. The second kappa shape index (κ2) is 4.90. The molecule has 18 heavy (non-hydrogen) atoms. The largest absolute Gasteiger partial charge is 0.497 e. The fraction of sp³-hybridized carbons (Fsp3) is 0.600. The molecule has 1 saturated heterocycles. The van der Waals surface area contributed by atoms with Gasteiger partial charge in [-0.1, -0.05) is 12.1 Å². The molecule has 2 atom stereocenters. The van der Waals surface area contributed by atoms with Gasteiger partial charge in [0, 0.05) is 30.6 Å². The first-order chi connectivity index (χ1) is 8.41. The van der Waals surface area contributed by atoms with Crippen molar-refractivity contribution in [1.29, 1.82) is 0 Å². The van der Waals surface area contributed by atoms with Crippen LogP contribution in [0.1, 0.15) is 32.3 Å². The predicted molar refractivity (Wildman–Crippen MR) is 75.0 cm³/mol. The van der Waals surface area contributed by atoms with Gasteiger partial charge in [-0.25, -0.2) is 0 Å². The Labute approximate surface area is 110 Å². The van der Waals surface area contributed by atoms with Gasteiger partial charge in [0.1, 0.15) is 5.75 Å². The molecule has 3 nitrogen and oxygen atoms in total. The molecule has 0 bridgehead atoms. The number of benzene rings is 1. The van der Waals surface area contributed by atoms with Crippen molar-refractivity contribution in [3.63, 3.8) is 0 Å². The number of hydrogen-bond donors (Lipinski definition) is 1. The van der Waals surface area contributed by atoms with Crippen molar-refractivity contribution in [3.8, 4) is 5.75 Å². The van der Waals surface area contributed by atoms with Gasteiger partial charge in [-0.3, -0.25) is 4.90 Å². The smallest absolute Gasteiger partial charge is 0.118 e.